The van der Waals surface area contributed by atoms with Crippen LogP contribution in [0.15, 0.2) is 42.5 Å². The lowest BCUT2D eigenvalue weighted by atomic mass is 9.81. The van der Waals surface area contributed by atoms with Crippen molar-refractivity contribution in [2.45, 2.75) is 31.3 Å². The molecule has 0 aliphatic carbocycles. The molecule has 0 spiro atoms. The maximum atomic E-state index is 14.0. The van der Waals surface area contributed by atoms with Gasteiger partial charge < -0.3 is 0 Å². The van der Waals surface area contributed by atoms with Gasteiger partial charge in [-0.05, 0) is 49.1 Å². The van der Waals surface area contributed by atoms with Crippen molar-refractivity contribution >= 4 is 0 Å². The molecule has 2 N–H and O–H groups in total. The number of likely N-dealkylation sites (tertiary alicyclic amines) is 1. The summed E-state index contributed by atoms with van der Waals surface area (Å²) in [4.78, 5) is 2.19. The van der Waals surface area contributed by atoms with E-state index in [4.69, 9.17) is 0 Å². The summed E-state index contributed by atoms with van der Waals surface area (Å²) in [6, 6.07) is 11.3. The highest BCUT2D eigenvalue weighted by atomic mass is 19.2. The summed E-state index contributed by atoms with van der Waals surface area (Å²) in [5.74, 6) is -1.22. The SMILES string of the molecule is Fc1cccc(C2CNNC2C2CCCN(Cc3cccc(F)c3F)C2)c1. The maximum absolute atomic E-state index is 14.0. The first-order valence-corrected chi connectivity index (χ1v) is 9.51. The molecule has 2 fully saturated rings. The van der Waals surface area contributed by atoms with Crippen LogP contribution < -0.4 is 10.9 Å². The van der Waals surface area contributed by atoms with Gasteiger partial charge in [-0.1, -0.05) is 24.3 Å². The number of halogens is 3. The number of rotatable bonds is 4. The predicted octanol–water partition coefficient (Wildman–Crippen LogP) is 3.58. The topological polar surface area (TPSA) is 27.3 Å². The molecule has 3 unspecified atom stereocenters. The number of benzene rings is 2. The molecule has 27 heavy (non-hydrogen) atoms. The summed E-state index contributed by atoms with van der Waals surface area (Å²) in [7, 11) is 0. The molecule has 2 aromatic carbocycles. The van der Waals surface area contributed by atoms with Crippen LogP contribution in [0.4, 0.5) is 13.2 Å². The number of hydrogen-bond acceptors (Lipinski definition) is 3. The van der Waals surface area contributed by atoms with E-state index in [0.717, 1.165) is 44.1 Å². The normalized spacial score (nSPS) is 26.4. The Morgan fingerprint density at radius 3 is 2.78 bits per heavy atom. The monoisotopic (exact) mass is 375 g/mol. The van der Waals surface area contributed by atoms with Crippen LogP contribution >= 0.6 is 0 Å². The molecule has 0 amide bonds. The van der Waals surface area contributed by atoms with E-state index in [2.05, 4.69) is 15.8 Å². The zero-order valence-electron chi connectivity index (χ0n) is 15.1. The Hall–Kier alpha value is -1.89. The van der Waals surface area contributed by atoms with E-state index in [1.165, 1.54) is 6.07 Å². The molecule has 2 aromatic rings. The molecule has 2 heterocycles. The summed E-state index contributed by atoms with van der Waals surface area (Å²) >= 11 is 0. The average Bonchev–Trinajstić information content (AvgIpc) is 3.16. The van der Waals surface area contributed by atoms with Gasteiger partial charge in [0.25, 0.3) is 0 Å². The van der Waals surface area contributed by atoms with Crippen molar-refractivity contribution in [3.63, 3.8) is 0 Å². The summed E-state index contributed by atoms with van der Waals surface area (Å²) in [5.41, 5.74) is 7.97. The Bertz CT molecular complexity index is 798. The fourth-order valence-electron chi connectivity index (χ4n) is 4.46. The molecule has 0 radical (unpaired) electrons. The van der Waals surface area contributed by atoms with Crippen molar-refractivity contribution in [2.75, 3.05) is 19.6 Å². The Balaban J connectivity index is 1.46. The third-order valence-corrected chi connectivity index (χ3v) is 5.78. The highest BCUT2D eigenvalue weighted by Crippen LogP contribution is 2.32. The molecule has 2 aliphatic rings. The largest absolute Gasteiger partial charge is 0.299 e. The molecule has 0 bridgehead atoms. The lowest BCUT2D eigenvalue weighted by molar-refractivity contribution is 0.138. The Labute approximate surface area is 157 Å². The minimum Gasteiger partial charge on any atom is -0.299 e. The predicted molar refractivity (Wildman–Crippen MR) is 98.4 cm³/mol. The van der Waals surface area contributed by atoms with E-state index >= 15 is 0 Å². The van der Waals surface area contributed by atoms with Crippen LogP contribution in [0.1, 0.15) is 29.9 Å². The van der Waals surface area contributed by atoms with E-state index < -0.39 is 11.6 Å². The first-order chi connectivity index (χ1) is 13.1. The van der Waals surface area contributed by atoms with Crippen LogP contribution in [0, 0.1) is 23.4 Å². The van der Waals surface area contributed by atoms with Crippen LogP contribution in [0.25, 0.3) is 0 Å². The summed E-state index contributed by atoms with van der Waals surface area (Å²) in [6.07, 6.45) is 2.07. The van der Waals surface area contributed by atoms with Gasteiger partial charge in [-0.15, -0.1) is 0 Å². The van der Waals surface area contributed by atoms with Gasteiger partial charge in [0, 0.05) is 37.2 Å². The van der Waals surface area contributed by atoms with Gasteiger partial charge in [-0.25, -0.2) is 13.2 Å². The standard InChI is InChI=1S/C21H24F3N3/c22-17-7-1-4-14(10-17)18-11-25-26-21(18)16-6-3-9-27(13-16)12-15-5-2-8-19(23)20(15)24/h1-2,4-5,7-8,10,16,18,21,25-26H,3,6,9,11-13H2. The number of piperidine rings is 1. The van der Waals surface area contributed by atoms with Crippen molar-refractivity contribution in [1.82, 2.24) is 15.8 Å². The molecule has 0 saturated carbocycles. The van der Waals surface area contributed by atoms with Gasteiger partial charge in [-0.2, -0.15) is 0 Å². The highest BCUT2D eigenvalue weighted by Gasteiger charge is 2.36. The van der Waals surface area contributed by atoms with Crippen LogP contribution in [0.2, 0.25) is 0 Å². The number of nitrogens with one attached hydrogen (secondary N) is 2. The van der Waals surface area contributed by atoms with Crippen molar-refractivity contribution in [2.24, 2.45) is 5.92 Å². The van der Waals surface area contributed by atoms with Gasteiger partial charge in [0.1, 0.15) is 5.82 Å². The maximum Gasteiger partial charge on any atom is 0.163 e. The zero-order chi connectivity index (χ0) is 18.8. The van der Waals surface area contributed by atoms with Crippen molar-refractivity contribution in [1.29, 1.82) is 0 Å². The van der Waals surface area contributed by atoms with Gasteiger partial charge in [-0.3, -0.25) is 15.8 Å². The molecule has 2 saturated heterocycles. The van der Waals surface area contributed by atoms with Gasteiger partial charge in [0.15, 0.2) is 11.6 Å². The van der Waals surface area contributed by atoms with E-state index in [1.807, 2.05) is 6.07 Å². The van der Waals surface area contributed by atoms with Crippen molar-refractivity contribution in [3.8, 4) is 0 Å². The van der Waals surface area contributed by atoms with Crippen LogP contribution in [-0.4, -0.2) is 30.6 Å². The van der Waals surface area contributed by atoms with Gasteiger partial charge >= 0.3 is 0 Å². The second-order valence-electron chi connectivity index (χ2n) is 7.56. The van der Waals surface area contributed by atoms with E-state index in [1.54, 1.807) is 24.3 Å². The lowest BCUT2D eigenvalue weighted by Gasteiger charge is -2.37. The molecule has 4 rings (SSSR count). The van der Waals surface area contributed by atoms with E-state index in [-0.39, 0.29) is 17.8 Å². The molecular formula is C21H24F3N3. The smallest absolute Gasteiger partial charge is 0.163 e. The Morgan fingerprint density at radius 1 is 1.07 bits per heavy atom. The molecular weight excluding hydrogens is 351 g/mol. The zero-order valence-corrected chi connectivity index (χ0v) is 15.1. The summed E-state index contributed by atoms with van der Waals surface area (Å²) < 4.78 is 41.2. The fourth-order valence-corrected chi connectivity index (χ4v) is 4.46. The van der Waals surface area contributed by atoms with E-state index in [9.17, 15) is 13.2 Å². The molecule has 6 heteroatoms. The third kappa shape index (κ3) is 4.03. The van der Waals surface area contributed by atoms with Crippen molar-refractivity contribution in [3.05, 3.63) is 71.0 Å². The summed E-state index contributed by atoms with van der Waals surface area (Å²) in [5, 5.41) is 0. The number of hydrazine groups is 1. The molecule has 3 nitrogen and oxygen atoms in total. The Morgan fingerprint density at radius 2 is 1.93 bits per heavy atom. The van der Waals surface area contributed by atoms with Gasteiger partial charge in [0.2, 0.25) is 0 Å². The van der Waals surface area contributed by atoms with Crippen LogP contribution in [0.5, 0.6) is 0 Å². The van der Waals surface area contributed by atoms with E-state index in [0.29, 0.717) is 18.0 Å². The Kier molecular flexibility index (Phi) is 5.48. The number of nitrogens with zero attached hydrogens (tertiary/aromatic N) is 1. The molecule has 3 atom stereocenters. The van der Waals surface area contributed by atoms with Crippen LogP contribution in [-0.2, 0) is 6.54 Å². The second-order valence-corrected chi connectivity index (χ2v) is 7.56. The van der Waals surface area contributed by atoms with Crippen LogP contribution in [0.3, 0.4) is 0 Å². The third-order valence-electron chi connectivity index (χ3n) is 5.78. The first-order valence-electron chi connectivity index (χ1n) is 9.51. The molecule has 0 aromatic heterocycles. The average molecular weight is 375 g/mol. The molecule has 2 aliphatic heterocycles. The second kappa shape index (κ2) is 8.00. The van der Waals surface area contributed by atoms with Gasteiger partial charge in [0.05, 0.1) is 0 Å². The van der Waals surface area contributed by atoms with Crippen molar-refractivity contribution < 1.29 is 13.2 Å². The quantitative estimate of drug-likeness (QED) is 0.856. The minimum atomic E-state index is -0.797. The summed E-state index contributed by atoms with van der Waals surface area (Å²) in [6.45, 7) is 2.84. The highest BCUT2D eigenvalue weighted by molar-refractivity contribution is 5.25. The first kappa shape index (κ1) is 18.5. The molecule has 144 valence electrons. The minimum absolute atomic E-state index is 0.187. The fraction of sp³-hybridized carbons (Fsp3) is 0.429. The lowest BCUT2D eigenvalue weighted by Crippen LogP contribution is -2.46. The number of hydrogen-bond donors (Lipinski definition) is 2.